The van der Waals surface area contributed by atoms with Crippen LogP contribution in [0.25, 0.3) is 0 Å². The van der Waals surface area contributed by atoms with Crippen LogP contribution in [0.1, 0.15) is 0 Å². The molecule has 0 aromatic rings. The van der Waals surface area contributed by atoms with Crippen LogP contribution < -0.4 is 67.8 Å². The van der Waals surface area contributed by atoms with Crippen molar-refractivity contribution in [3.05, 3.63) is 0 Å². The summed E-state index contributed by atoms with van der Waals surface area (Å²) in [5, 5.41) is 0. The fourth-order valence-corrected chi connectivity index (χ4v) is 0. The summed E-state index contributed by atoms with van der Waals surface area (Å²) in [7, 11) is 1.75. The van der Waals surface area contributed by atoms with E-state index in [-0.39, 0.29) is 81.5 Å². The van der Waals surface area contributed by atoms with Gasteiger partial charge < -0.3 is 67.8 Å². The molecule has 0 aliphatic heterocycles. The van der Waals surface area contributed by atoms with Crippen molar-refractivity contribution in [3.8, 4) is 0 Å². The van der Waals surface area contributed by atoms with Gasteiger partial charge in [0.15, 0.2) is 0 Å². The third-order valence-electron chi connectivity index (χ3n) is 0. The standard InChI is InChI=1S/CH5N.5ClH.Rh/c1-2;;;;;;/h2H2,1H3;5*1H;/q;;;;;;+2/p-4. The third-order valence-corrected chi connectivity index (χ3v) is 0. The molecule has 0 amide bonds. The summed E-state index contributed by atoms with van der Waals surface area (Å²) in [6.07, 6.45) is 0. The van der Waals surface area contributed by atoms with Gasteiger partial charge in [0.1, 0.15) is 0 Å². The van der Waals surface area contributed by atoms with Crippen LogP contribution in [0, 0.1) is 0 Å². The van der Waals surface area contributed by atoms with Crippen LogP contribution in [0.15, 0.2) is 0 Å². The van der Waals surface area contributed by atoms with Gasteiger partial charge in [0.05, 0.1) is 7.05 Å². The smallest absolute Gasteiger partial charge is 1.00 e. The molecule has 0 aromatic heterocycles. The first-order chi connectivity index (χ1) is 1.00. The molecule has 0 atom stereocenters. The van der Waals surface area contributed by atoms with Crippen molar-refractivity contribution in [1.29, 1.82) is 0 Å². The SMILES string of the molecule is C[NH3+].[Cl-].[Cl-].[Cl-].[Cl-].[Cl-].[Rh+2]. The zero-order chi connectivity index (χ0) is 2.00. The Labute approximate surface area is 93.7 Å². The first-order valence-electron chi connectivity index (χ1n) is 0.707. The van der Waals surface area contributed by atoms with Gasteiger partial charge in [0.25, 0.3) is 0 Å². The van der Waals surface area contributed by atoms with Gasteiger partial charge in [-0.1, -0.05) is 0 Å². The van der Waals surface area contributed by atoms with E-state index in [1.165, 1.54) is 0 Å². The van der Waals surface area contributed by atoms with E-state index in [9.17, 15) is 0 Å². The van der Waals surface area contributed by atoms with Crippen molar-refractivity contribution < 1.29 is 87.2 Å². The minimum Gasteiger partial charge on any atom is -1.00 e. The minimum atomic E-state index is 0. The Morgan fingerprint density at radius 1 is 0.625 bits per heavy atom. The van der Waals surface area contributed by atoms with E-state index in [0.717, 1.165) is 0 Å². The zero-order valence-corrected chi connectivity index (χ0v) is 9.35. The molecule has 0 heterocycles. The molecule has 0 aromatic carbocycles. The van der Waals surface area contributed by atoms with Gasteiger partial charge in [-0.05, 0) is 0 Å². The molecule has 0 saturated carbocycles. The molecule has 8 heavy (non-hydrogen) atoms. The maximum absolute atomic E-state index is 3.25. The molecule has 0 fully saturated rings. The molecule has 0 aliphatic rings. The molecule has 0 aliphatic carbocycles. The first-order valence-corrected chi connectivity index (χ1v) is 0.707. The van der Waals surface area contributed by atoms with Crippen molar-refractivity contribution in [1.82, 2.24) is 0 Å². The Morgan fingerprint density at radius 3 is 0.625 bits per heavy atom. The summed E-state index contributed by atoms with van der Waals surface area (Å²) in [5.74, 6) is 0. The number of quaternary nitrogens is 1. The first kappa shape index (κ1) is 89.0. The van der Waals surface area contributed by atoms with Gasteiger partial charge in [0, 0.05) is 0 Å². The molecular formula is CH6Cl5NRh-2. The summed E-state index contributed by atoms with van der Waals surface area (Å²) in [6.45, 7) is 0. The maximum atomic E-state index is 3.25. The van der Waals surface area contributed by atoms with Crippen LogP contribution in [-0.2, 0) is 19.5 Å². The Kier molecular flexibility index (Phi) is 1570. The van der Waals surface area contributed by atoms with Crippen LogP contribution >= 0.6 is 0 Å². The quantitative estimate of drug-likeness (QED) is 0.430. The van der Waals surface area contributed by atoms with Gasteiger partial charge in [-0.3, -0.25) is 0 Å². The second-order valence-corrected chi connectivity index (χ2v) is 0. The summed E-state index contributed by atoms with van der Waals surface area (Å²) < 4.78 is 0. The predicted molar refractivity (Wildman–Crippen MR) is 8.81 cm³/mol. The normalized spacial score (nSPS) is 0.750. The number of halogens is 5. The summed E-state index contributed by atoms with van der Waals surface area (Å²) in [6, 6.07) is 0. The topological polar surface area (TPSA) is 27.6 Å². The van der Waals surface area contributed by atoms with Crippen molar-refractivity contribution in [2.24, 2.45) is 0 Å². The zero-order valence-electron chi connectivity index (χ0n) is 3.93. The Bertz CT molecular complexity index is 12.4. The summed E-state index contributed by atoms with van der Waals surface area (Å²) >= 11 is 0. The van der Waals surface area contributed by atoms with Crippen LogP contribution in [-0.4, -0.2) is 7.05 Å². The van der Waals surface area contributed by atoms with Gasteiger partial charge in [0.2, 0.25) is 0 Å². The molecule has 61 valence electrons. The third kappa shape index (κ3) is 96.1. The second kappa shape index (κ2) is 141. The van der Waals surface area contributed by atoms with Crippen LogP contribution in [0.3, 0.4) is 0 Å². The van der Waals surface area contributed by atoms with E-state index in [1.54, 1.807) is 7.05 Å². The average Bonchev–Trinajstić information content (AvgIpc) is 1.00. The van der Waals surface area contributed by atoms with Crippen LogP contribution in [0.4, 0.5) is 0 Å². The van der Waals surface area contributed by atoms with Gasteiger partial charge in [-0.25, -0.2) is 0 Å². The van der Waals surface area contributed by atoms with E-state index in [4.69, 9.17) is 0 Å². The molecule has 1 nitrogen and oxygen atoms in total. The molecule has 0 unspecified atom stereocenters. The molecule has 0 spiro atoms. The second-order valence-electron chi connectivity index (χ2n) is 0. The fraction of sp³-hybridized carbons (Fsp3) is 1.00. The van der Waals surface area contributed by atoms with Gasteiger partial charge >= 0.3 is 19.5 Å². The van der Waals surface area contributed by atoms with Crippen molar-refractivity contribution >= 4 is 0 Å². The van der Waals surface area contributed by atoms with E-state index in [0.29, 0.717) is 0 Å². The molecular weight excluding hydrogens is 306 g/mol. The molecule has 3 N–H and O–H groups in total. The average molecular weight is 312 g/mol. The van der Waals surface area contributed by atoms with Crippen LogP contribution in [0.2, 0.25) is 0 Å². The van der Waals surface area contributed by atoms with E-state index >= 15 is 0 Å². The predicted octanol–water partition coefficient (Wildman–Crippen LogP) is -16.1. The molecule has 0 rings (SSSR count). The largest absolute Gasteiger partial charge is 2.00 e. The van der Waals surface area contributed by atoms with Crippen molar-refractivity contribution in [2.75, 3.05) is 7.05 Å². The Hall–Kier alpha value is 2.03. The number of hydrogen-bond donors (Lipinski definition) is 1. The maximum Gasteiger partial charge on any atom is 2.00 e. The molecule has 0 bridgehead atoms. The molecule has 7 heteroatoms. The summed E-state index contributed by atoms with van der Waals surface area (Å²) in [5.41, 5.74) is 3.25. The molecule has 1 radical (unpaired) electrons. The monoisotopic (exact) mass is 310 g/mol. The minimum absolute atomic E-state index is 0. The number of rotatable bonds is 0. The van der Waals surface area contributed by atoms with Gasteiger partial charge in [-0.2, -0.15) is 0 Å². The van der Waals surface area contributed by atoms with Crippen molar-refractivity contribution in [3.63, 3.8) is 0 Å². The fourth-order valence-electron chi connectivity index (χ4n) is 0. The molecule has 0 saturated heterocycles. The summed E-state index contributed by atoms with van der Waals surface area (Å²) in [4.78, 5) is 0. The van der Waals surface area contributed by atoms with E-state index in [1.807, 2.05) is 0 Å². The van der Waals surface area contributed by atoms with Gasteiger partial charge in [-0.15, -0.1) is 0 Å². The Balaban J connectivity index is -0.000000000333. The van der Waals surface area contributed by atoms with E-state index in [2.05, 4.69) is 5.73 Å². The Morgan fingerprint density at radius 2 is 0.625 bits per heavy atom. The van der Waals surface area contributed by atoms with Crippen molar-refractivity contribution in [2.45, 2.75) is 0 Å². The van der Waals surface area contributed by atoms with E-state index < -0.39 is 0 Å². The number of hydrogen-bond acceptors (Lipinski definition) is 0. The van der Waals surface area contributed by atoms with Crippen LogP contribution in [0.5, 0.6) is 0 Å².